The van der Waals surface area contributed by atoms with Crippen molar-refractivity contribution in [3.63, 3.8) is 0 Å². The molecule has 0 radical (unpaired) electrons. The highest BCUT2D eigenvalue weighted by atomic mass is 32.2. The fourth-order valence-electron chi connectivity index (χ4n) is 3.64. The summed E-state index contributed by atoms with van der Waals surface area (Å²) in [5.41, 5.74) is 1.29. The summed E-state index contributed by atoms with van der Waals surface area (Å²) < 4.78 is 37.4. The van der Waals surface area contributed by atoms with E-state index in [1.54, 1.807) is 38.3 Å². The third-order valence-corrected chi connectivity index (χ3v) is 6.64. The number of para-hydroxylation sites is 1. The lowest BCUT2D eigenvalue weighted by Gasteiger charge is -2.30. The largest absolute Gasteiger partial charge is 0.497 e. The molecule has 34 heavy (non-hydrogen) atoms. The number of rotatable bonds is 10. The number of carbonyl (C=O) groups excluding carboxylic acids is 1. The number of carbonyl (C=O) groups is 1. The fourth-order valence-corrected chi connectivity index (χ4v) is 4.82. The van der Waals surface area contributed by atoms with Gasteiger partial charge in [0.2, 0.25) is 15.9 Å². The van der Waals surface area contributed by atoms with Crippen molar-refractivity contribution in [2.75, 3.05) is 17.7 Å². The number of methoxy groups -OCH3 is 1. The number of hydrogen-bond acceptors (Lipinski definition) is 5. The molecule has 1 amide bonds. The van der Waals surface area contributed by atoms with Gasteiger partial charge in [0.1, 0.15) is 23.3 Å². The van der Waals surface area contributed by atoms with Gasteiger partial charge < -0.3 is 14.8 Å². The van der Waals surface area contributed by atoms with Crippen LogP contribution in [0.4, 0.5) is 5.69 Å². The smallest absolute Gasteiger partial charge is 0.244 e. The Kier molecular flexibility index (Phi) is 8.17. The van der Waals surface area contributed by atoms with E-state index in [0.717, 1.165) is 21.9 Å². The van der Waals surface area contributed by atoms with Crippen LogP contribution in [0, 0.1) is 0 Å². The summed E-state index contributed by atoms with van der Waals surface area (Å²) in [6, 6.07) is 22.1. The summed E-state index contributed by atoms with van der Waals surface area (Å²) in [6.45, 7) is 3.53. The second-order valence-corrected chi connectivity index (χ2v) is 9.75. The molecule has 0 fully saturated rings. The van der Waals surface area contributed by atoms with Crippen molar-refractivity contribution in [3.8, 4) is 17.2 Å². The number of sulfonamides is 1. The summed E-state index contributed by atoms with van der Waals surface area (Å²) in [5, 5.41) is 2.98. The lowest BCUT2D eigenvalue weighted by Crippen LogP contribution is -2.48. The van der Waals surface area contributed by atoms with Gasteiger partial charge in [-0.25, -0.2) is 8.42 Å². The topological polar surface area (TPSA) is 84.9 Å². The predicted molar refractivity (Wildman–Crippen MR) is 134 cm³/mol. The Labute approximate surface area is 201 Å². The Bertz CT molecular complexity index is 1180. The molecule has 0 unspecified atom stereocenters. The molecular weight excluding hydrogens is 452 g/mol. The predicted octanol–water partition coefficient (Wildman–Crippen LogP) is 4.91. The summed E-state index contributed by atoms with van der Waals surface area (Å²) in [6.07, 6.45) is 1.74. The first-order valence-corrected chi connectivity index (χ1v) is 12.8. The molecule has 0 heterocycles. The van der Waals surface area contributed by atoms with E-state index in [9.17, 15) is 13.2 Å². The molecule has 0 saturated carbocycles. The Morgan fingerprint density at radius 2 is 1.47 bits per heavy atom. The van der Waals surface area contributed by atoms with Gasteiger partial charge in [-0.15, -0.1) is 0 Å². The Morgan fingerprint density at radius 1 is 0.912 bits per heavy atom. The molecule has 8 heteroatoms. The second-order valence-electron chi connectivity index (χ2n) is 7.89. The zero-order valence-electron chi connectivity index (χ0n) is 19.8. The first-order valence-electron chi connectivity index (χ1n) is 11.0. The molecule has 0 aliphatic heterocycles. The van der Waals surface area contributed by atoms with E-state index in [1.807, 2.05) is 61.5 Å². The minimum Gasteiger partial charge on any atom is -0.497 e. The number of ether oxygens (including phenoxy) is 2. The molecule has 0 aliphatic carbocycles. The fraction of sp³-hybridized carbons (Fsp3) is 0.269. The van der Waals surface area contributed by atoms with Gasteiger partial charge in [-0.05, 0) is 67.4 Å². The minimum atomic E-state index is -3.73. The molecule has 0 aliphatic rings. The van der Waals surface area contributed by atoms with E-state index < -0.39 is 22.0 Å². The monoisotopic (exact) mass is 482 g/mol. The van der Waals surface area contributed by atoms with Crippen LogP contribution in [0.5, 0.6) is 17.2 Å². The maximum absolute atomic E-state index is 13.1. The van der Waals surface area contributed by atoms with Gasteiger partial charge in [0.05, 0.1) is 25.1 Å². The molecule has 3 aromatic carbocycles. The van der Waals surface area contributed by atoms with Gasteiger partial charge in [0, 0.05) is 0 Å². The third-order valence-electron chi connectivity index (χ3n) is 5.40. The van der Waals surface area contributed by atoms with Crippen LogP contribution in [0.3, 0.4) is 0 Å². The van der Waals surface area contributed by atoms with Crippen molar-refractivity contribution in [1.29, 1.82) is 0 Å². The Hall–Kier alpha value is -3.52. The normalized spacial score (nSPS) is 12.9. The van der Waals surface area contributed by atoms with Crippen molar-refractivity contribution in [1.82, 2.24) is 5.32 Å². The Balaban J connectivity index is 1.78. The molecule has 0 saturated heterocycles. The molecule has 0 aromatic heterocycles. The van der Waals surface area contributed by atoms with Crippen LogP contribution < -0.4 is 19.1 Å². The summed E-state index contributed by atoms with van der Waals surface area (Å²) in [4.78, 5) is 13.1. The lowest BCUT2D eigenvalue weighted by molar-refractivity contribution is -0.122. The number of benzene rings is 3. The standard InChI is InChI=1S/C26H30N2O5S/c1-5-25(20-11-15-22(32-3)16-12-20)27-26(29)19(2)28(34(4,30)31)21-13-17-24(18-14-21)33-23-9-7-6-8-10-23/h6-19,25H,5H2,1-4H3,(H,27,29)/t19-,25+/m0/s1. The van der Waals surface area contributed by atoms with Gasteiger partial charge in [0.15, 0.2) is 0 Å². The van der Waals surface area contributed by atoms with E-state index in [-0.39, 0.29) is 6.04 Å². The van der Waals surface area contributed by atoms with E-state index >= 15 is 0 Å². The van der Waals surface area contributed by atoms with Gasteiger partial charge in [0.25, 0.3) is 0 Å². The number of amides is 1. The summed E-state index contributed by atoms with van der Waals surface area (Å²) >= 11 is 0. The van der Waals surface area contributed by atoms with E-state index in [4.69, 9.17) is 9.47 Å². The van der Waals surface area contributed by atoms with Crippen molar-refractivity contribution in [3.05, 3.63) is 84.4 Å². The summed E-state index contributed by atoms with van der Waals surface area (Å²) in [7, 11) is -2.14. The van der Waals surface area contributed by atoms with Crippen molar-refractivity contribution in [2.24, 2.45) is 0 Å². The number of nitrogens with one attached hydrogen (secondary N) is 1. The second kappa shape index (κ2) is 11.1. The molecule has 3 aromatic rings. The number of hydrogen-bond donors (Lipinski definition) is 1. The average molecular weight is 483 g/mol. The van der Waals surface area contributed by atoms with Gasteiger partial charge in [-0.2, -0.15) is 0 Å². The van der Waals surface area contributed by atoms with Crippen molar-refractivity contribution >= 4 is 21.6 Å². The van der Waals surface area contributed by atoms with Crippen LogP contribution in [0.2, 0.25) is 0 Å². The molecule has 0 spiro atoms. The van der Waals surface area contributed by atoms with Crippen LogP contribution in [0.1, 0.15) is 31.9 Å². The van der Waals surface area contributed by atoms with E-state index in [1.165, 1.54) is 0 Å². The van der Waals surface area contributed by atoms with Crippen LogP contribution in [-0.2, 0) is 14.8 Å². The third kappa shape index (κ3) is 6.29. The van der Waals surface area contributed by atoms with Crippen LogP contribution in [-0.4, -0.2) is 33.7 Å². The highest BCUT2D eigenvalue weighted by molar-refractivity contribution is 7.92. The summed E-state index contributed by atoms with van der Waals surface area (Å²) in [5.74, 6) is 1.57. The molecular formula is C26H30N2O5S. The number of nitrogens with zero attached hydrogens (tertiary/aromatic N) is 1. The first kappa shape index (κ1) is 25.1. The zero-order valence-corrected chi connectivity index (χ0v) is 20.6. The highest BCUT2D eigenvalue weighted by Gasteiger charge is 2.30. The molecule has 0 bridgehead atoms. The average Bonchev–Trinajstić information content (AvgIpc) is 2.83. The first-order chi connectivity index (χ1) is 16.2. The molecule has 3 rings (SSSR count). The molecule has 7 nitrogen and oxygen atoms in total. The Morgan fingerprint density at radius 3 is 2.00 bits per heavy atom. The van der Waals surface area contributed by atoms with Gasteiger partial charge in [-0.1, -0.05) is 37.3 Å². The lowest BCUT2D eigenvalue weighted by atomic mass is 10.0. The minimum absolute atomic E-state index is 0.260. The molecule has 2 atom stereocenters. The van der Waals surface area contributed by atoms with Crippen LogP contribution in [0.25, 0.3) is 0 Å². The van der Waals surface area contributed by atoms with Crippen LogP contribution in [0.15, 0.2) is 78.9 Å². The van der Waals surface area contributed by atoms with Crippen molar-refractivity contribution < 1.29 is 22.7 Å². The van der Waals surface area contributed by atoms with Crippen LogP contribution >= 0.6 is 0 Å². The van der Waals surface area contributed by atoms with Crippen molar-refractivity contribution in [2.45, 2.75) is 32.4 Å². The molecule has 180 valence electrons. The van der Waals surface area contributed by atoms with Gasteiger partial charge >= 0.3 is 0 Å². The van der Waals surface area contributed by atoms with Gasteiger partial charge in [-0.3, -0.25) is 9.10 Å². The number of anilines is 1. The van der Waals surface area contributed by atoms with E-state index in [0.29, 0.717) is 23.6 Å². The zero-order chi connectivity index (χ0) is 24.7. The van der Waals surface area contributed by atoms with E-state index in [2.05, 4.69) is 5.32 Å². The SMILES string of the molecule is CC[C@@H](NC(=O)[C@H](C)N(c1ccc(Oc2ccccc2)cc1)S(C)(=O)=O)c1ccc(OC)cc1. The maximum atomic E-state index is 13.1. The quantitative estimate of drug-likeness (QED) is 0.444. The highest BCUT2D eigenvalue weighted by Crippen LogP contribution is 2.27. The maximum Gasteiger partial charge on any atom is 0.244 e. The molecule has 1 N–H and O–H groups in total.